The topological polar surface area (TPSA) is 67.2 Å². The van der Waals surface area contributed by atoms with Crippen LogP contribution >= 0.6 is 0 Å². The summed E-state index contributed by atoms with van der Waals surface area (Å²) >= 11 is 0. The quantitative estimate of drug-likeness (QED) is 0.735. The van der Waals surface area contributed by atoms with Gasteiger partial charge in [0.2, 0.25) is 0 Å². The Morgan fingerprint density at radius 2 is 2.05 bits per heavy atom. The van der Waals surface area contributed by atoms with Gasteiger partial charge in [-0.15, -0.1) is 0 Å². The van der Waals surface area contributed by atoms with E-state index < -0.39 is 11.5 Å². The van der Waals surface area contributed by atoms with E-state index in [0.29, 0.717) is 6.42 Å². The molecule has 0 fully saturated rings. The van der Waals surface area contributed by atoms with Crippen LogP contribution in [0.25, 0.3) is 0 Å². The summed E-state index contributed by atoms with van der Waals surface area (Å²) in [5, 5.41) is 17.1. The third-order valence-electron chi connectivity index (χ3n) is 4.17. The maximum atomic E-state index is 11.5. The summed E-state index contributed by atoms with van der Waals surface area (Å²) in [7, 11) is 0. The highest BCUT2D eigenvalue weighted by atomic mass is 16.4. The summed E-state index contributed by atoms with van der Waals surface area (Å²) < 4.78 is 2.01. The molecule has 1 heterocycles. The molecule has 5 nitrogen and oxygen atoms in total. The van der Waals surface area contributed by atoms with Crippen molar-refractivity contribution in [1.82, 2.24) is 15.1 Å². The van der Waals surface area contributed by atoms with Gasteiger partial charge in [0.1, 0.15) is 5.54 Å². The zero-order valence-electron chi connectivity index (χ0n) is 14.0. The Hall–Kier alpha value is -1.36. The molecule has 0 aliphatic carbocycles. The Morgan fingerprint density at radius 3 is 2.52 bits per heavy atom. The molecule has 0 aliphatic rings. The highest BCUT2D eigenvalue weighted by Gasteiger charge is 2.31. The lowest BCUT2D eigenvalue weighted by Crippen LogP contribution is -2.49. The van der Waals surface area contributed by atoms with Gasteiger partial charge in [-0.2, -0.15) is 5.10 Å². The van der Waals surface area contributed by atoms with E-state index >= 15 is 0 Å². The predicted molar refractivity (Wildman–Crippen MR) is 84.6 cm³/mol. The molecule has 1 aromatic rings. The van der Waals surface area contributed by atoms with E-state index in [9.17, 15) is 9.90 Å². The molecule has 1 aromatic heterocycles. The summed E-state index contributed by atoms with van der Waals surface area (Å²) in [4.78, 5) is 11.5. The van der Waals surface area contributed by atoms with Crippen LogP contribution in [0.2, 0.25) is 0 Å². The fourth-order valence-corrected chi connectivity index (χ4v) is 2.72. The van der Waals surface area contributed by atoms with Crippen LogP contribution in [0, 0.1) is 13.8 Å². The SMILES string of the molecule is CCCNC(C)(CCCn1nc(C)c(CC)c1C)C(=O)O. The number of aromatic nitrogens is 2. The van der Waals surface area contributed by atoms with Crippen LogP contribution in [0.5, 0.6) is 0 Å². The number of carboxylic acids is 1. The summed E-state index contributed by atoms with van der Waals surface area (Å²) in [6.07, 6.45) is 3.32. The molecule has 1 unspecified atom stereocenters. The van der Waals surface area contributed by atoms with Crippen LogP contribution < -0.4 is 5.32 Å². The third kappa shape index (κ3) is 4.30. The minimum Gasteiger partial charge on any atom is -0.480 e. The molecule has 0 amide bonds. The second-order valence-corrected chi connectivity index (χ2v) is 5.89. The van der Waals surface area contributed by atoms with Crippen molar-refractivity contribution in [3.63, 3.8) is 0 Å². The lowest BCUT2D eigenvalue weighted by molar-refractivity contribution is -0.144. The van der Waals surface area contributed by atoms with Crippen molar-refractivity contribution in [2.24, 2.45) is 0 Å². The first kappa shape index (κ1) is 17.7. The summed E-state index contributed by atoms with van der Waals surface area (Å²) in [5.74, 6) is -0.779. The first-order valence-electron chi connectivity index (χ1n) is 7.87. The molecule has 1 atom stereocenters. The molecule has 120 valence electrons. The van der Waals surface area contributed by atoms with Gasteiger partial charge in [0.15, 0.2) is 0 Å². The van der Waals surface area contributed by atoms with Crippen LogP contribution in [0.4, 0.5) is 0 Å². The van der Waals surface area contributed by atoms with Gasteiger partial charge in [-0.25, -0.2) is 0 Å². The summed E-state index contributed by atoms with van der Waals surface area (Å²) in [6.45, 7) is 11.6. The van der Waals surface area contributed by atoms with E-state index in [1.165, 1.54) is 11.3 Å². The number of hydrogen-bond donors (Lipinski definition) is 2. The standard InChI is InChI=1S/C16H29N3O2/c1-6-10-17-16(5,15(20)21)9-8-11-19-13(4)14(7-2)12(3)18-19/h17H,6-11H2,1-5H3,(H,20,21). The van der Waals surface area contributed by atoms with Gasteiger partial charge in [-0.3, -0.25) is 9.48 Å². The van der Waals surface area contributed by atoms with E-state index in [1.807, 2.05) is 18.5 Å². The first-order valence-corrected chi connectivity index (χ1v) is 7.87. The fourth-order valence-electron chi connectivity index (χ4n) is 2.72. The van der Waals surface area contributed by atoms with Gasteiger partial charge in [-0.1, -0.05) is 13.8 Å². The largest absolute Gasteiger partial charge is 0.480 e. The Morgan fingerprint density at radius 1 is 1.38 bits per heavy atom. The molecule has 1 rings (SSSR count). The minimum atomic E-state index is -0.848. The highest BCUT2D eigenvalue weighted by Crippen LogP contribution is 2.17. The summed E-state index contributed by atoms with van der Waals surface area (Å²) in [5.41, 5.74) is 2.74. The highest BCUT2D eigenvalue weighted by molar-refractivity contribution is 5.78. The molecule has 0 saturated carbocycles. The molecular weight excluding hydrogens is 266 g/mol. The summed E-state index contributed by atoms with van der Waals surface area (Å²) in [6, 6.07) is 0. The molecule has 0 saturated heterocycles. The van der Waals surface area contributed by atoms with Crippen molar-refractivity contribution >= 4 is 5.97 Å². The van der Waals surface area contributed by atoms with Crippen LogP contribution in [0.1, 0.15) is 57.0 Å². The number of aryl methyl sites for hydroxylation is 2. The molecule has 0 radical (unpaired) electrons. The monoisotopic (exact) mass is 295 g/mol. The number of rotatable bonds is 9. The van der Waals surface area contributed by atoms with Gasteiger partial charge in [-0.05, 0) is 58.6 Å². The van der Waals surface area contributed by atoms with Crippen molar-refractivity contribution in [2.45, 2.75) is 72.4 Å². The Balaban J connectivity index is 2.64. The van der Waals surface area contributed by atoms with E-state index in [4.69, 9.17) is 0 Å². The van der Waals surface area contributed by atoms with Crippen LogP contribution in [-0.4, -0.2) is 32.9 Å². The molecular formula is C16H29N3O2. The molecule has 5 heteroatoms. The predicted octanol–water partition coefficient (Wildman–Crippen LogP) is 2.69. The smallest absolute Gasteiger partial charge is 0.323 e. The van der Waals surface area contributed by atoms with Gasteiger partial charge >= 0.3 is 5.97 Å². The maximum absolute atomic E-state index is 11.5. The molecule has 0 bridgehead atoms. The van der Waals surface area contributed by atoms with Crippen LogP contribution in [0.3, 0.4) is 0 Å². The van der Waals surface area contributed by atoms with E-state index in [2.05, 4.69) is 24.3 Å². The fraction of sp³-hybridized carbons (Fsp3) is 0.750. The van der Waals surface area contributed by atoms with Gasteiger partial charge in [0.25, 0.3) is 0 Å². The average molecular weight is 295 g/mol. The number of carbonyl (C=O) groups is 1. The second-order valence-electron chi connectivity index (χ2n) is 5.89. The molecule has 0 aromatic carbocycles. The zero-order valence-corrected chi connectivity index (χ0v) is 14.0. The minimum absolute atomic E-state index is 0.599. The normalized spacial score (nSPS) is 14.1. The third-order valence-corrected chi connectivity index (χ3v) is 4.17. The van der Waals surface area contributed by atoms with E-state index in [1.54, 1.807) is 6.92 Å². The Labute approximate surface area is 127 Å². The van der Waals surface area contributed by atoms with Crippen molar-refractivity contribution < 1.29 is 9.90 Å². The van der Waals surface area contributed by atoms with Gasteiger partial charge < -0.3 is 10.4 Å². The second kappa shape index (κ2) is 7.59. The number of nitrogens with one attached hydrogen (secondary N) is 1. The first-order chi connectivity index (χ1) is 9.85. The molecule has 21 heavy (non-hydrogen) atoms. The van der Waals surface area contributed by atoms with E-state index in [0.717, 1.165) is 38.0 Å². The Kier molecular flexibility index (Phi) is 6.40. The number of hydrogen-bond acceptors (Lipinski definition) is 3. The molecule has 0 aliphatic heterocycles. The number of aliphatic carboxylic acids is 1. The van der Waals surface area contributed by atoms with Crippen LogP contribution in [-0.2, 0) is 17.8 Å². The van der Waals surface area contributed by atoms with E-state index in [-0.39, 0.29) is 0 Å². The van der Waals surface area contributed by atoms with Crippen molar-refractivity contribution in [3.05, 3.63) is 17.0 Å². The van der Waals surface area contributed by atoms with Gasteiger partial charge in [0.05, 0.1) is 5.69 Å². The number of carboxylic acid groups (broad SMARTS) is 1. The van der Waals surface area contributed by atoms with Crippen LogP contribution in [0.15, 0.2) is 0 Å². The van der Waals surface area contributed by atoms with Crippen molar-refractivity contribution in [1.29, 1.82) is 0 Å². The lowest BCUT2D eigenvalue weighted by Gasteiger charge is -2.26. The van der Waals surface area contributed by atoms with Crippen molar-refractivity contribution in [3.8, 4) is 0 Å². The average Bonchev–Trinajstić information content (AvgIpc) is 2.70. The molecule has 2 N–H and O–H groups in total. The molecule has 0 spiro atoms. The lowest BCUT2D eigenvalue weighted by atomic mass is 9.95. The zero-order chi connectivity index (χ0) is 16.0. The maximum Gasteiger partial charge on any atom is 0.323 e. The number of nitrogens with zero attached hydrogens (tertiary/aromatic N) is 2. The Bertz CT molecular complexity index is 482. The van der Waals surface area contributed by atoms with Gasteiger partial charge in [0, 0.05) is 12.2 Å². The van der Waals surface area contributed by atoms with Crippen molar-refractivity contribution in [2.75, 3.05) is 6.54 Å².